The first-order chi connectivity index (χ1) is 9.08. The Labute approximate surface area is 123 Å². The van der Waals surface area contributed by atoms with E-state index in [0.717, 1.165) is 17.6 Å². The third-order valence-corrected chi connectivity index (χ3v) is 3.61. The molecule has 1 rings (SSSR count). The molecule has 0 bridgehead atoms. The summed E-state index contributed by atoms with van der Waals surface area (Å²) in [5.74, 6) is 0.230. The van der Waals surface area contributed by atoms with Crippen molar-refractivity contribution in [2.45, 2.75) is 33.1 Å². The van der Waals surface area contributed by atoms with Crippen LogP contribution in [0.4, 0.5) is 0 Å². The molecule has 0 saturated carbocycles. The van der Waals surface area contributed by atoms with Gasteiger partial charge in [0.2, 0.25) is 5.91 Å². The van der Waals surface area contributed by atoms with E-state index in [1.165, 1.54) is 0 Å². The van der Waals surface area contributed by atoms with E-state index in [0.29, 0.717) is 24.8 Å². The summed E-state index contributed by atoms with van der Waals surface area (Å²) in [4.78, 5) is 25.5. The fraction of sp³-hybridized carbons (Fsp3) is 0.467. The SMILES string of the molecule is CCN(CC)C(=O)CCCC(=O)c1ccc(Br)cc1. The van der Waals surface area contributed by atoms with Crippen molar-refractivity contribution in [1.82, 2.24) is 4.90 Å². The number of carbonyl (C=O) groups excluding carboxylic acids is 2. The molecule has 3 nitrogen and oxygen atoms in total. The average molecular weight is 326 g/mol. The molecule has 0 aliphatic heterocycles. The number of hydrogen-bond acceptors (Lipinski definition) is 2. The number of nitrogens with zero attached hydrogens (tertiary/aromatic N) is 1. The quantitative estimate of drug-likeness (QED) is 0.717. The van der Waals surface area contributed by atoms with Crippen molar-refractivity contribution >= 4 is 27.6 Å². The number of ketones is 1. The van der Waals surface area contributed by atoms with Crippen LogP contribution >= 0.6 is 15.9 Å². The maximum atomic E-state index is 11.9. The van der Waals surface area contributed by atoms with Crippen LogP contribution in [0.1, 0.15) is 43.5 Å². The molecule has 0 heterocycles. The second-order valence-electron chi connectivity index (χ2n) is 4.35. The molecule has 104 valence electrons. The summed E-state index contributed by atoms with van der Waals surface area (Å²) < 4.78 is 0.959. The van der Waals surface area contributed by atoms with E-state index in [1.807, 2.05) is 26.0 Å². The summed E-state index contributed by atoms with van der Waals surface area (Å²) in [7, 11) is 0. The largest absolute Gasteiger partial charge is 0.343 e. The van der Waals surface area contributed by atoms with Gasteiger partial charge < -0.3 is 4.90 Å². The standard InChI is InChI=1S/C15H20BrNO2/c1-3-17(4-2)15(19)7-5-6-14(18)12-8-10-13(16)11-9-12/h8-11H,3-7H2,1-2H3. The zero-order valence-corrected chi connectivity index (χ0v) is 13.1. The van der Waals surface area contributed by atoms with Crippen molar-refractivity contribution in [3.05, 3.63) is 34.3 Å². The lowest BCUT2D eigenvalue weighted by atomic mass is 10.1. The highest BCUT2D eigenvalue weighted by atomic mass is 79.9. The number of amides is 1. The average Bonchev–Trinajstić information content (AvgIpc) is 2.40. The van der Waals surface area contributed by atoms with Gasteiger partial charge in [-0.25, -0.2) is 0 Å². The second-order valence-corrected chi connectivity index (χ2v) is 5.27. The van der Waals surface area contributed by atoms with E-state index in [-0.39, 0.29) is 11.7 Å². The van der Waals surface area contributed by atoms with Crippen molar-refractivity contribution in [2.75, 3.05) is 13.1 Å². The van der Waals surface area contributed by atoms with Crippen LogP contribution in [0.25, 0.3) is 0 Å². The van der Waals surface area contributed by atoms with Gasteiger partial charge in [-0.15, -0.1) is 0 Å². The first-order valence-electron chi connectivity index (χ1n) is 6.65. The third-order valence-electron chi connectivity index (χ3n) is 3.08. The van der Waals surface area contributed by atoms with Crippen LogP contribution in [0.15, 0.2) is 28.7 Å². The topological polar surface area (TPSA) is 37.4 Å². The Morgan fingerprint density at radius 3 is 2.16 bits per heavy atom. The summed E-state index contributed by atoms with van der Waals surface area (Å²) in [5, 5.41) is 0. The van der Waals surface area contributed by atoms with E-state index in [4.69, 9.17) is 0 Å². The highest BCUT2D eigenvalue weighted by molar-refractivity contribution is 9.10. The Kier molecular flexibility index (Phi) is 6.78. The molecule has 19 heavy (non-hydrogen) atoms. The molecule has 0 saturated heterocycles. The van der Waals surface area contributed by atoms with Crippen LogP contribution in [0.5, 0.6) is 0 Å². The molecule has 1 aromatic carbocycles. The maximum absolute atomic E-state index is 11.9. The van der Waals surface area contributed by atoms with Gasteiger partial charge in [-0.2, -0.15) is 0 Å². The van der Waals surface area contributed by atoms with E-state index in [1.54, 1.807) is 17.0 Å². The third kappa shape index (κ3) is 5.15. The molecule has 0 atom stereocenters. The van der Waals surface area contributed by atoms with Gasteiger partial charge in [0.05, 0.1) is 0 Å². The Hall–Kier alpha value is -1.16. The minimum absolute atomic E-state index is 0.0971. The van der Waals surface area contributed by atoms with Gasteiger partial charge in [0, 0.05) is 36.0 Å². The minimum Gasteiger partial charge on any atom is -0.343 e. The van der Waals surface area contributed by atoms with Crippen molar-refractivity contribution in [3.8, 4) is 0 Å². The molecular weight excluding hydrogens is 306 g/mol. The number of hydrogen-bond donors (Lipinski definition) is 0. The summed E-state index contributed by atoms with van der Waals surface area (Å²) in [6, 6.07) is 7.32. The summed E-state index contributed by atoms with van der Waals surface area (Å²) in [6.07, 6.45) is 1.49. The van der Waals surface area contributed by atoms with Crippen molar-refractivity contribution in [2.24, 2.45) is 0 Å². The molecule has 0 aromatic heterocycles. The van der Waals surface area contributed by atoms with Crippen molar-refractivity contribution < 1.29 is 9.59 Å². The lowest BCUT2D eigenvalue weighted by Crippen LogP contribution is -2.30. The number of Topliss-reactive ketones (excluding diaryl/α,β-unsaturated/α-hetero) is 1. The molecule has 0 aliphatic carbocycles. The Balaban J connectivity index is 2.39. The molecule has 1 amide bonds. The predicted molar refractivity (Wildman–Crippen MR) is 80.3 cm³/mol. The summed E-state index contributed by atoms with van der Waals surface area (Å²) in [5.41, 5.74) is 0.707. The minimum atomic E-state index is 0.0971. The normalized spacial score (nSPS) is 10.3. The zero-order chi connectivity index (χ0) is 14.3. The predicted octanol–water partition coefficient (Wildman–Crippen LogP) is 3.67. The Bertz CT molecular complexity index is 424. The highest BCUT2D eigenvalue weighted by Crippen LogP contribution is 2.13. The maximum Gasteiger partial charge on any atom is 0.222 e. The molecule has 0 spiro atoms. The molecule has 0 aliphatic rings. The van der Waals surface area contributed by atoms with Crippen LogP contribution < -0.4 is 0 Å². The number of rotatable bonds is 7. The number of benzene rings is 1. The second kappa shape index (κ2) is 8.10. The molecule has 0 unspecified atom stereocenters. The van der Waals surface area contributed by atoms with Gasteiger partial charge in [0.15, 0.2) is 5.78 Å². The first kappa shape index (κ1) is 15.9. The zero-order valence-electron chi connectivity index (χ0n) is 11.5. The van der Waals surface area contributed by atoms with E-state index in [2.05, 4.69) is 15.9 Å². The van der Waals surface area contributed by atoms with Gasteiger partial charge in [-0.05, 0) is 32.4 Å². The van der Waals surface area contributed by atoms with E-state index < -0.39 is 0 Å². The van der Waals surface area contributed by atoms with Gasteiger partial charge in [0.1, 0.15) is 0 Å². The summed E-state index contributed by atoms with van der Waals surface area (Å²) in [6.45, 7) is 5.40. The van der Waals surface area contributed by atoms with Crippen molar-refractivity contribution in [1.29, 1.82) is 0 Å². The molecule has 4 heteroatoms. The molecule has 0 N–H and O–H groups in total. The van der Waals surface area contributed by atoms with Gasteiger partial charge in [-0.1, -0.05) is 28.1 Å². The van der Waals surface area contributed by atoms with E-state index >= 15 is 0 Å². The fourth-order valence-corrected chi connectivity index (χ4v) is 2.18. The van der Waals surface area contributed by atoms with Gasteiger partial charge in [0.25, 0.3) is 0 Å². The van der Waals surface area contributed by atoms with Crippen LogP contribution in [0.3, 0.4) is 0 Å². The highest BCUT2D eigenvalue weighted by Gasteiger charge is 2.11. The molecule has 1 aromatic rings. The van der Waals surface area contributed by atoms with Gasteiger partial charge in [-0.3, -0.25) is 9.59 Å². The first-order valence-corrected chi connectivity index (χ1v) is 7.44. The lowest BCUT2D eigenvalue weighted by Gasteiger charge is -2.18. The Morgan fingerprint density at radius 1 is 1.05 bits per heavy atom. The van der Waals surface area contributed by atoms with E-state index in [9.17, 15) is 9.59 Å². The fourth-order valence-electron chi connectivity index (χ4n) is 1.91. The van der Waals surface area contributed by atoms with Crippen LogP contribution in [0.2, 0.25) is 0 Å². The molecule has 0 radical (unpaired) electrons. The van der Waals surface area contributed by atoms with Crippen LogP contribution in [-0.4, -0.2) is 29.7 Å². The lowest BCUT2D eigenvalue weighted by molar-refractivity contribution is -0.130. The molecular formula is C15H20BrNO2. The van der Waals surface area contributed by atoms with Crippen LogP contribution in [-0.2, 0) is 4.79 Å². The monoisotopic (exact) mass is 325 g/mol. The Morgan fingerprint density at radius 2 is 1.63 bits per heavy atom. The van der Waals surface area contributed by atoms with Gasteiger partial charge >= 0.3 is 0 Å². The van der Waals surface area contributed by atoms with Crippen LogP contribution in [0, 0.1) is 0 Å². The number of carbonyl (C=O) groups is 2. The summed E-state index contributed by atoms with van der Waals surface area (Å²) >= 11 is 3.34. The number of halogens is 1. The van der Waals surface area contributed by atoms with Crippen molar-refractivity contribution in [3.63, 3.8) is 0 Å². The molecule has 0 fully saturated rings. The smallest absolute Gasteiger partial charge is 0.222 e.